The molecule has 3 heterocycles. The Labute approximate surface area is 250 Å². The highest BCUT2D eigenvalue weighted by molar-refractivity contribution is 8.00. The Hall–Kier alpha value is -4.75. The van der Waals surface area contributed by atoms with E-state index in [1.54, 1.807) is 30.3 Å². The zero-order valence-corrected chi connectivity index (χ0v) is 23.7. The molecule has 2 aliphatic heterocycles. The van der Waals surface area contributed by atoms with E-state index in [4.69, 9.17) is 0 Å². The summed E-state index contributed by atoms with van der Waals surface area (Å²) in [5.74, 6) is -3.93. The van der Waals surface area contributed by atoms with Gasteiger partial charge in [-0.15, -0.1) is 11.8 Å². The number of aliphatic carboxylic acids is 2. The number of benzene rings is 2. The zero-order valence-electron chi connectivity index (χ0n) is 22.9. The van der Waals surface area contributed by atoms with Crippen molar-refractivity contribution in [2.24, 2.45) is 0 Å². The van der Waals surface area contributed by atoms with Crippen LogP contribution in [0.2, 0.25) is 0 Å². The number of carboxylic acid groups (broad SMARTS) is 2. The summed E-state index contributed by atoms with van der Waals surface area (Å²) in [7, 11) is 0. The van der Waals surface area contributed by atoms with E-state index in [1.807, 2.05) is 30.5 Å². The third-order valence-electron chi connectivity index (χ3n) is 6.81. The summed E-state index contributed by atoms with van der Waals surface area (Å²) in [5, 5.41) is 33.7. The molecule has 1 saturated heterocycles. The lowest BCUT2D eigenvalue weighted by atomic mass is 10.0. The number of thioether (sulfide) groups is 1. The third kappa shape index (κ3) is 7.56. The number of aromatic nitrogens is 1. The van der Waals surface area contributed by atoms with Crippen molar-refractivity contribution in [3.63, 3.8) is 0 Å². The summed E-state index contributed by atoms with van der Waals surface area (Å²) in [5.41, 5.74) is 1.36. The van der Waals surface area contributed by atoms with Crippen molar-refractivity contribution in [2.75, 3.05) is 12.4 Å². The van der Waals surface area contributed by atoms with Crippen molar-refractivity contribution < 1.29 is 39.3 Å². The van der Waals surface area contributed by atoms with E-state index in [1.165, 1.54) is 17.1 Å². The van der Waals surface area contributed by atoms with Gasteiger partial charge in [-0.25, -0.2) is 9.59 Å². The molecule has 2 aromatic carbocycles. The summed E-state index contributed by atoms with van der Waals surface area (Å²) < 4.78 is 0. The van der Waals surface area contributed by atoms with Crippen LogP contribution in [0.3, 0.4) is 0 Å². The highest BCUT2D eigenvalue weighted by Gasteiger charge is 2.54. The molecule has 3 aromatic rings. The predicted octanol–water partition coefficient (Wildman–Crippen LogP) is 2.01. The molecule has 224 valence electrons. The fourth-order valence-electron chi connectivity index (χ4n) is 4.62. The molecule has 43 heavy (non-hydrogen) atoms. The molecule has 1 aromatic heterocycles. The lowest BCUT2D eigenvalue weighted by Gasteiger charge is -2.49. The number of carboxylic acids is 2. The van der Waals surface area contributed by atoms with Crippen LogP contribution < -0.4 is 10.6 Å². The fourth-order valence-corrected chi connectivity index (χ4v) is 5.96. The maximum absolute atomic E-state index is 12.4. The largest absolute Gasteiger partial charge is 0.480 e. The van der Waals surface area contributed by atoms with Crippen molar-refractivity contribution >= 4 is 52.3 Å². The first kappa shape index (κ1) is 31.2. The first-order valence-electron chi connectivity index (χ1n) is 13.4. The van der Waals surface area contributed by atoms with Crippen LogP contribution in [0.25, 0.3) is 10.9 Å². The number of hydrogen-bond acceptors (Lipinski definition) is 8. The Morgan fingerprint density at radius 2 is 1.70 bits per heavy atom. The summed E-state index contributed by atoms with van der Waals surface area (Å²) in [6, 6.07) is 18.2. The molecule has 5 N–H and O–H groups in total. The van der Waals surface area contributed by atoms with Gasteiger partial charge in [0.15, 0.2) is 0 Å². The number of β-lactam (4-membered cyclic amide) rings is 1. The first-order valence-corrected chi connectivity index (χ1v) is 14.4. The van der Waals surface area contributed by atoms with Crippen molar-refractivity contribution in [2.45, 2.75) is 36.7 Å². The number of para-hydroxylation sites is 1. The second-order valence-corrected chi connectivity index (χ2v) is 10.8. The Morgan fingerprint density at radius 3 is 2.37 bits per heavy atom. The van der Waals surface area contributed by atoms with Crippen LogP contribution in [0.5, 0.6) is 0 Å². The molecule has 5 rings (SSSR count). The smallest absolute Gasteiger partial charge is 0.352 e. The number of rotatable bonds is 10. The lowest BCUT2D eigenvalue weighted by Crippen LogP contribution is -2.70. The number of fused-ring (bicyclic) bond motifs is 2. The van der Waals surface area contributed by atoms with Crippen molar-refractivity contribution in [3.05, 3.63) is 89.8 Å². The average Bonchev–Trinajstić information content (AvgIpc) is 3.02. The number of pyridine rings is 1. The van der Waals surface area contributed by atoms with Gasteiger partial charge in [-0.05, 0) is 42.7 Å². The van der Waals surface area contributed by atoms with Gasteiger partial charge in [-0.3, -0.25) is 24.3 Å². The Balaban J connectivity index is 0.000000353. The Kier molecular flexibility index (Phi) is 10.5. The second-order valence-electron chi connectivity index (χ2n) is 9.69. The molecule has 0 radical (unpaired) electrons. The number of aliphatic hydroxyl groups excluding tert-OH is 1. The highest BCUT2D eigenvalue weighted by Crippen LogP contribution is 2.40. The summed E-state index contributed by atoms with van der Waals surface area (Å²) in [4.78, 5) is 65.1. The van der Waals surface area contributed by atoms with Crippen molar-refractivity contribution in [1.29, 1.82) is 0 Å². The van der Waals surface area contributed by atoms with Crippen molar-refractivity contribution in [1.82, 2.24) is 20.5 Å². The van der Waals surface area contributed by atoms with E-state index >= 15 is 0 Å². The van der Waals surface area contributed by atoms with Gasteiger partial charge in [0.05, 0.1) is 12.1 Å². The monoisotopic (exact) mass is 606 g/mol. The minimum atomic E-state index is -1.32. The topological polar surface area (TPSA) is 186 Å². The Morgan fingerprint density at radius 1 is 1.00 bits per heavy atom. The van der Waals surface area contributed by atoms with Crippen LogP contribution in [0.4, 0.5) is 0 Å². The number of nitrogens with zero attached hydrogens (tertiary/aromatic N) is 2. The molecule has 13 heteroatoms. The molecule has 0 unspecified atom stereocenters. The normalized spacial score (nSPS) is 18.0. The maximum atomic E-state index is 12.4. The molecule has 3 amide bonds. The van der Waals surface area contributed by atoms with Gasteiger partial charge in [-0.1, -0.05) is 42.5 Å². The van der Waals surface area contributed by atoms with Crippen LogP contribution in [0.1, 0.15) is 29.6 Å². The molecular formula is C30H30N4O8S. The summed E-state index contributed by atoms with van der Waals surface area (Å²) >= 11 is 1.24. The van der Waals surface area contributed by atoms with Crippen LogP contribution in [0.15, 0.2) is 84.2 Å². The fraction of sp³-hybridized carbons (Fsp3) is 0.267. The molecule has 0 bridgehead atoms. The number of hydrogen-bond donors (Lipinski definition) is 5. The standard InChI is InChI=1S/C21H23N3O8S.C9H7N/c25-9-12-10-33-19-15(18(28)24(19)16(12)21(31)32)23-14(26)8-4-7-13(20(29)30)22-17(27)11-5-2-1-3-6-11;1-2-6-9-8(4-1)5-3-7-10-9/h1-3,5-6,13,15,19,25H,4,7-10H2,(H,22,27)(H,23,26)(H,29,30)(H,31,32);1-7H/t13-,15-,19-;/m1./s1. The van der Waals surface area contributed by atoms with Gasteiger partial charge < -0.3 is 26.0 Å². The third-order valence-corrected chi connectivity index (χ3v) is 8.15. The molecule has 0 spiro atoms. The van der Waals surface area contributed by atoms with Crippen LogP contribution in [0, 0.1) is 0 Å². The van der Waals surface area contributed by atoms with Crippen LogP contribution >= 0.6 is 11.8 Å². The van der Waals surface area contributed by atoms with E-state index in [2.05, 4.69) is 27.8 Å². The van der Waals surface area contributed by atoms with Gasteiger partial charge in [0.2, 0.25) is 5.91 Å². The maximum Gasteiger partial charge on any atom is 0.352 e. The first-order chi connectivity index (χ1) is 20.7. The second kappa shape index (κ2) is 14.4. The molecule has 3 atom stereocenters. The Bertz CT molecular complexity index is 1480. The summed E-state index contributed by atoms with van der Waals surface area (Å²) in [6.45, 7) is -0.478. The number of amides is 3. The quantitative estimate of drug-likeness (QED) is 0.214. The SMILES string of the molecule is O=C(CCC[C@@H](NC(=O)c1ccccc1)C(=O)O)N[C@@H]1C(=O)N2C(C(=O)O)=C(CO)CS[C@H]12.c1ccc2ncccc2c1. The predicted molar refractivity (Wildman–Crippen MR) is 158 cm³/mol. The van der Waals surface area contributed by atoms with E-state index in [0.29, 0.717) is 5.56 Å². The molecule has 1 fully saturated rings. The zero-order chi connectivity index (χ0) is 30.9. The van der Waals surface area contributed by atoms with E-state index < -0.39 is 53.7 Å². The lowest BCUT2D eigenvalue weighted by molar-refractivity contribution is -0.150. The van der Waals surface area contributed by atoms with E-state index in [9.17, 15) is 39.3 Å². The van der Waals surface area contributed by atoms with Gasteiger partial charge >= 0.3 is 11.9 Å². The highest BCUT2D eigenvalue weighted by atomic mass is 32.2. The molecular weight excluding hydrogens is 576 g/mol. The van der Waals surface area contributed by atoms with E-state index in [0.717, 1.165) is 10.4 Å². The van der Waals surface area contributed by atoms with Crippen LogP contribution in [-0.4, -0.2) is 84.7 Å². The van der Waals surface area contributed by atoms with Crippen molar-refractivity contribution in [3.8, 4) is 0 Å². The number of aliphatic hydroxyl groups is 1. The van der Waals surface area contributed by atoms with Crippen LogP contribution in [-0.2, 0) is 19.2 Å². The number of nitrogens with one attached hydrogen (secondary N) is 2. The number of carbonyl (C=O) groups excluding carboxylic acids is 3. The van der Waals surface area contributed by atoms with Gasteiger partial charge in [0, 0.05) is 29.3 Å². The number of carbonyl (C=O) groups is 5. The minimum absolute atomic E-state index is 0.00992. The summed E-state index contributed by atoms with van der Waals surface area (Å²) in [6.07, 6.45) is 1.89. The van der Waals surface area contributed by atoms with Gasteiger partial charge in [0.1, 0.15) is 23.2 Å². The molecule has 0 aliphatic carbocycles. The van der Waals surface area contributed by atoms with Gasteiger partial charge in [-0.2, -0.15) is 0 Å². The molecule has 2 aliphatic rings. The average molecular weight is 607 g/mol. The minimum Gasteiger partial charge on any atom is -0.480 e. The van der Waals surface area contributed by atoms with E-state index in [-0.39, 0.29) is 36.3 Å². The van der Waals surface area contributed by atoms with Gasteiger partial charge in [0.25, 0.3) is 11.8 Å². The molecule has 0 saturated carbocycles. The molecule has 12 nitrogen and oxygen atoms in total.